The zero-order valence-electron chi connectivity index (χ0n) is 37.9. The van der Waals surface area contributed by atoms with Crippen molar-refractivity contribution < 1.29 is 0 Å². The molecule has 0 nitrogen and oxygen atoms in total. The monoisotopic (exact) mass is 864 g/mol. The molecule has 13 rings (SSSR count). The summed E-state index contributed by atoms with van der Waals surface area (Å²) in [5, 5.41) is 10.1. The van der Waals surface area contributed by atoms with E-state index in [0.717, 1.165) is 25.7 Å². The number of hydrogen-bond acceptors (Lipinski definition) is 0. The van der Waals surface area contributed by atoms with Crippen LogP contribution in [0.2, 0.25) is 0 Å². The first-order valence-electron chi connectivity index (χ1n) is 24.0. The Hall–Kier alpha value is -8.32. The average molecular weight is 865 g/mol. The van der Waals surface area contributed by atoms with Crippen LogP contribution in [0.5, 0.6) is 0 Å². The molecule has 1 aliphatic rings. The lowest BCUT2D eigenvalue weighted by atomic mass is 9.88. The maximum atomic E-state index is 2.47. The van der Waals surface area contributed by atoms with Crippen LogP contribution < -0.4 is 0 Å². The molecular weight excluding hydrogens is 817 g/mol. The molecule has 0 aliphatic heterocycles. The van der Waals surface area contributed by atoms with Crippen LogP contribution in [0, 0.1) is 0 Å². The van der Waals surface area contributed by atoms with E-state index in [2.05, 4.69) is 243 Å². The van der Waals surface area contributed by atoms with Crippen LogP contribution >= 0.6 is 0 Å². The molecule has 12 aromatic rings. The predicted molar refractivity (Wildman–Crippen MR) is 289 cm³/mol. The quantitative estimate of drug-likeness (QED) is 0.165. The Bertz CT molecular complexity index is 3330. The molecule has 0 amide bonds. The molecule has 0 aromatic heterocycles. The molecule has 0 fully saturated rings. The van der Waals surface area contributed by atoms with E-state index in [9.17, 15) is 0 Å². The van der Waals surface area contributed by atoms with Crippen molar-refractivity contribution in [1.29, 1.82) is 0 Å². The van der Waals surface area contributed by atoms with Gasteiger partial charge in [-0.3, -0.25) is 0 Å². The van der Waals surface area contributed by atoms with Gasteiger partial charge in [0.15, 0.2) is 0 Å². The first kappa shape index (κ1) is 40.0. The number of hydrogen-bond donors (Lipinski definition) is 0. The third-order valence-electron chi connectivity index (χ3n) is 14.2. The summed E-state index contributed by atoms with van der Waals surface area (Å²) in [4.78, 5) is 0. The minimum atomic E-state index is 0.827. The lowest BCUT2D eigenvalue weighted by molar-refractivity contribution is 1.09. The highest BCUT2D eigenvalue weighted by molar-refractivity contribution is 5.91. The van der Waals surface area contributed by atoms with Gasteiger partial charge in [0.1, 0.15) is 0 Å². The topological polar surface area (TPSA) is 0 Å². The molecule has 0 radical (unpaired) electrons. The van der Waals surface area contributed by atoms with E-state index in [0.29, 0.717) is 0 Å². The second-order valence-corrected chi connectivity index (χ2v) is 19.1. The smallest absolute Gasteiger partial charge is 0.00251 e. The zero-order chi connectivity index (χ0) is 45.0. The molecule has 0 heterocycles. The summed E-state index contributed by atoms with van der Waals surface area (Å²) in [7, 11) is 0. The number of fused-ring (bicyclic) bond motifs is 12. The van der Waals surface area contributed by atoms with Crippen molar-refractivity contribution in [2.75, 3.05) is 0 Å². The molecule has 0 saturated heterocycles. The Morgan fingerprint density at radius 2 is 0.338 bits per heavy atom. The van der Waals surface area contributed by atoms with E-state index < -0.39 is 0 Å². The fraction of sp³-hybridized carbons (Fsp3) is 0.0588. The molecule has 0 N–H and O–H groups in total. The summed E-state index contributed by atoms with van der Waals surface area (Å²) in [6.45, 7) is 0. The average Bonchev–Trinajstić information content (AvgIpc) is 3.37. The van der Waals surface area contributed by atoms with Gasteiger partial charge in [-0.25, -0.2) is 0 Å². The summed E-state index contributed by atoms with van der Waals surface area (Å²) in [6, 6.07) is 91.9. The normalized spacial score (nSPS) is 12.5. The van der Waals surface area contributed by atoms with Crippen LogP contribution in [0.1, 0.15) is 44.5 Å². The predicted octanol–water partition coefficient (Wildman–Crippen LogP) is 17.6. The van der Waals surface area contributed by atoms with Gasteiger partial charge < -0.3 is 0 Å². The van der Waals surface area contributed by atoms with Gasteiger partial charge in [-0.2, -0.15) is 0 Å². The van der Waals surface area contributed by atoms with E-state index in [1.807, 2.05) is 0 Å². The molecule has 68 heavy (non-hydrogen) atoms. The molecule has 0 atom stereocenters. The van der Waals surface area contributed by atoms with Gasteiger partial charge >= 0.3 is 0 Å². The van der Waals surface area contributed by atoms with E-state index in [1.165, 1.54) is 132 Å². The maximum absolute atomic E-state index is 2.47. The van der Waals surface area contributed by atoms with Gasteiger partial charge in [0, 0.05) is 0 Å². The van der Waals surface area contributed by atoms with Crippen molar-refractivity contribution in [3.63, 3.8) is 0 Å². The molecule has 0 heteroatoms. The Morgan fingerprint density at radius 3 is 0.544 bits per heavy atom. The van der Waals surface area contributed by atoms with Gasteiger partial charge in [-0.05, 0) is 182 Å². The SMILES string of the molecule is c1ccc2cc(-c3cc4cc(c3)Cc3cc(cc(-c5ccc6ccccc6c5)c3)Cc3cc(cc(-c5ccc6ccccc6c5)c3)Cc3cc(cc(-c5ccc6ccccc6c5)c3)C4)ccc2c1. The maximum Gasteiger partial charge on any atom is -0.00251 e. The molecule has 320 valence electrons. The van der Waals surface area contributed by atoms with Crippen molar-refractivity contribution in [2.45, 2.75) is 25.7 Å². The van der Waals surface area contributed by atoms with E-state index in [-0.39, 0.29) is 0 Å². The summed E-state index contributed by atoms with van der Waals surface area (Å²) in [5.74, 6) is 0. The van der Waals surface area contributed by atoms with Crippen LogP contribution in [0.3, 0.4) is 0 Å². The minimum absolute atomic E-state index is 0.827. The number of rotatable bonds is 4. The second kappa shape index (κ2) is 16.8. The summed E-state index contributed by atoms with van der Waals surface area (Å²) in [6.07, 6.45) is 3.31. The zero-order valence-corrected chi connectivity index (χ0v) is 37.9. The minimum Gasteiger partial charge on any atom is -0.0616 e. The lowest BCUT2D eigenvalue weighted by Gasteiger charge is -2.17. The Morgan fingerprint density at radius 1 is 0.147 bits per heavy atom. The van der Waals surface area contributed by atoms with Gasteiger partial charge in [-0.15, -0.1) is 0 Å². The third-order valence-corrected chi connectivity index (χ3v) is 14.2. The number of benzene rings is 12. The van der Waals surface area contributed by atoms with Crippen LogP contribution in [0.15, 0.2) is 243 Å². The molecule has 8 bridgehead atoms. The second-order valence-electron chi connectivity index (χ2n) is 19.1. The van der Waals surface area contributed by atoms with Crippen molar-refractivity contribution in [2.24, 2.45) is 0 Å². The van der Waals surface area contributed by atoms with Gasteiger partial charge in [0.05, 0.1) is 0 Å². The summed E-state index contributed by atoms with van der Waals surface area (Å²) in [5.41, 5.74) is 20.6. The van der Waals surface area contributed by atoms with Crippen molar-refractivity contribution >= 4 is 43.1 Å². The Labute approximate surface area is 398 Å². The van der Waals surface area contributed by atoms with E-state index in [4.69, 9.17) is 0 Å². The van der Waals surface area contributed by atoms with E-state index in [1.54, 1.807) is 0 Å². The molecule has 0 unspecified atom stereocenters. The molecule has 0 spiro atoms. The van der Waals surface area contributed by atoms with Gasteiger partial charge in [-0.1, -0.05) is 218 Å². The van der Waals surface area contributed by atoms with Crippen LogP contribution in [0.4, 0.5) is 0 Å². The molecule has 0 saturated carbocycles. The van der Waals surface area contributed by atoms with Crippen molar-refractivity contribution in [3.05, 3.63) is 287 Å². The van der Waals surface area contributed by atoms with Crippen LogP contribution in [-0.2, 0) is 25.7 Å². The fourth-order valence-corrected chi connectivity index (χ4v) is 11.0. The highest BCUT2D eigenvalue weighted by Crippen LogP contribution is 2.35. The highest BCUT2D eigenvalue weighted by Gasteiger charge is 2.15. The molecule has 1 aliphatic carbocycles. The first-order chi connectivity index (χ1) is 33.5. The third kappa shape index (κ3) is 8.05. The summed E-state index contributed by atoms with van der Waals surface area (Å²) >= 11 is 0. The van der Waals surface area contributed by atoms with Crippen molar-refractivity contribution in [1.82, 2.24) is 0 Å². The standard InChI is InChI=1S/C68H48/c1-5-13-57-41-61(21-17-53(57)9-1)65-33-45-25-46(34-65)30-48-27-50(38-67(36-48)63-23-19-55-11-3-7-15-59(55)43-63)32-52-28-51(39-68(40-52)64-24-20-56-12-4-8-16-60(56)44-64)31-49-26-47(29-45)35-66(37-49)62-22-18-54-10-2-6-14-58(54)42-62/h1-28,33-44H,29-32H2. The van der Waals surface area contributed by atoms with Gasteiger partial charge in [0.2, 0.25) is 0 Å². The Kier molecular flexibility index (Phi) is 9.90. The summed E-state index contributed by atoms with van der Waals surface area (Å²) < 4.78 is 0. The van der Waals surface area contributed by atoms with Crippen molar-refractivity contribution in [3.8, 4) is 44.5 Å². The fourth-order valence-electron chi connectivity index (χ4n) is 11.0. The van der Waals surface area contributed by atoms with Crippen LogP contribution in [0.25, 0.3) is 87.6 Å². The molecular formula is C68H48. The highest BCUT2D eigenvalue weighted by atomic mass is 14.2. The van der Waals surface area contributed by atoms with Gasteiger partial charge in [0.25, 0.3) is 0 Å². The lowest BCUT2D eigenvalue weighted by Crippen LogP contribution is -2.00. The Balaban J connectivity index is 1.01. The molecule has 12 aromatic carbocycles. The first-order valence-corrected chi connectivity index (χ1v) is 24.0. The largest absolute Gasteiger partial charge is 0.0616 e. The van der Waals surface area contributed by atoms with E-state index >= 15 is 0 Å². The van der Waals surface area contributed by atoms with Crippen LogP contribution in [-0.4, -0.2) is 0 Å².